The molecule has 1 amide bonds. The summed E-state index contributed by atoms with van der Waals surface area (Å²) in [6.45, 7) is 1.71. The largest absolute Gasteiger partial charge is 0.317 e. The van der Waals surface area contributed by atoms with Crippen LogP contribution in [0.15, 0.2) is 41.4 Å². The fraction of sp³-hybridized carbons (Fsp3) is 0.333. The molecule has 2 aliphatic heterocycles. The Morgan fingerprint density at radius 3 is 2.58 bits per heavy atom. The fourth-order valence-corrected chi connectivity index (χ4v) is 2.54. The third-order valence-corrected chi connectivity index (χ3v) is 3.66. The molecule has 0 aliphatic carbocycles. The van der Waals surface area contributed by atoms with Gasteiger partial charge in [0.25, 0.3) is 5.91 Å². The number of carbonyl (C=O) groups is 1. The van der Waals surface area contributed by atoms with E-state index in [2.05, 4.69) is 15.6 Å². The van der Waals surface area contributed by atoms with Crippen molar-refractivity contribution in [3.05, 3.63) is 42.0 Å². The lowest BCUT2D eigenvalue weighted by molar-refractivity contribution is -0.124. The second-order valence-electron chi connectivity index (χ2n) is 4.98. The number of nitrogens with one attached hydrogen (secondary N) is 2. The van der Waals surface area contributed by atoms with Crippen LogP contribution < -0.4 is 10.6 Å². The third kappa shape index (κ3) is 2.44. The molecule has 0 unspecified atom stereocenters. The van der Waals surface area contributed by atoms with Gasteiger partial charge in [0.15, 0.2) is 0 Å². The summed E-state index contributed by atoms with van der Waals surface area (Å²) in [5.74, 6) is 0.720. The molecule has 3 rings (SSSR count). The van der Waals surface area contributed by atoms with Crippen molar-refractivity contribution in [3.8, 4) is 0 Å². The number of aliphatic imine (C=N–C) groups is 1. The highest BCUT2D eigenvalue weighted by Gasteiger charge is 2.43. The molecule has 4 nitrogen and oxygen atoms in total. The van der Waals surface area contributed by atoms with E-state index >= 15 is 0 Å². The van der Waals surface area contributed by atoms with Gasteiger partial charge in [0.2, 0.25) is 0 Å². The van der Waals surface area contributed by atoms with Crippen LogP contribution in [0, 0.1) is 0 Å². The molecular weight excluding hydrogens is 238 g/mol. The van der Waals surface area contributed by atoms with E-state index in [1.165, 1.54) is 0 Å². The second kappa shape index (κ2) is 4.97. The zero-order chi connectivity index (χ0) is 13.1. The molecule has 2 aliphatic rings. The van der Waals surface area contributed by atoms with Gasteiger partial charge in [-0.05, 0) is 37.6 Å². The molecule has 0 aromatic heterocycles. The Morgan fingerprint density at radius 1 is 1.11 bits per heavy atom. The van der Waals surface area contributed by atoms with Gasteiger partial charge in [-0.25, -0.2) is 0 Å². The number of benzene rings is 1. The molecule has 98 valence electrons. The van der Waals surface area contributed by atoms with E-state index in [0.29, 0.717) is 5.84 Å². The van der Waals surface area contributed by atoms with Crippen molar-refractivity contribution in [2.45, 2.75) is 18.4 Å². The van der Waals surface area contributed by atoms with E-state index in [-0.39, 0.29) is 5.91 Å². The van der Waals surface area contributed by atoms with Crippen molar-refractivity contribution >= 4 is 17.8 Å². The number of hydrogen-bond acceptors (Lipinski definition) is 3. The van der Waals surface area contributed by atoms with Gasteiger partial charge in [0.1, 0.15) is 11.4 Å². The zero-order valence-electron chi connectivity index (χ0n) is 10.7. The van der Waals surface area contributed by atoms with Crippen LogP contribution in [-0.2, 0) is 4.79 Å². The van der Waals surface area contributed by atoms with E-state index in [1.807, 2.05) is 42.5 Å². The molecule has 0 bridgehead atoms. The summed E-state index contributed by atoms with van der Waals surface area (Å²) in [5, 5.41) is 6.14. The lowest BCUT2D eigenvalue weighted by Gasteiger charge is -2.27. The zero-order valence-corrected chi connectivity index (χ0v) is 10.7. The van der Waals surface area contributed by atoms with Crippen molar-refractivity contribution in [2.24, 2.45) is 4.99 Å². The van der Waals surface area contributed by atoms with Crippen LogP contribution >= 0.6 is 0 Å². The van der Waals surface area contributed by atoms with Crippen LogP contribution in [0.4, 0.5) is 0 Å². The first-order chi connectivity index (χ1) is 9.28. The van der Waals surface area contributed by atoms with Crippen LogP contribution in [-0.4, -0.2) is 30.4 Å². The number of amides is 1. The summed E-state index contributed by atoms with van der Waals surface area (Å²) in [7, 11) is 0. The molecule has 0 radical (unpaired) electrons. The van der Waals surface area contributed by atoms with Crippen LogP contribution in [0.5, 0.6) is 0 Å². The molecule has 0 atom stereocenters. The van der Waals surface area contributed by atoms with Gasteiger partial charge in [-0.1, -0.05) is 36.4 Å². The standard InChI is InChI=1S/C15H17N3O/c19-14-15(8-10-16-11-9-15)18-13(17-14)7-6-12-4-2-1-3-5-12/h1-7,16H,8-11H2,(H,17,18,19). The molecule has 1 fully saturated rings. The van der Waals surface area contributed by atoms with Gasteiger partial charge >= 0.3 is 0 Å². The Balaban J connectivity index is 1.77. The quantitative estimate of drug-likeness (QED) is 0.838. The smallest absolute Gasteiger partial charge is 0.253 e. The first kappa shape index (κ1) is 12.1. The first-order valence-electron chi connectivity index (χ1n) is 6.64. The summed E-state index contributed by atoms with van der Waals surface area (Å²) in [6, 6.07) is 10.0. The minimum atomic E-state index is -0.526. The molecule has 1 aromatic carbocycles. The highest BCUT2D eigenvalue weighted by molar-refractivity contribution is 6.13. The number of nitrogens with zero attached hydrogens (tertiary/aromatic N) is 1. The normalized spacial score (nSPS) is 21.7. The van der Waals surface area contributed by atoms with Gasteiger partial charge in [0.05, 0.1) is 0 Å². The summed E-state index contributed by atoms with van der Waals surface area (Å²) >= 11 is 0. The average molecular weight is 255 g/mol. The Labute approximate surface area is 112 Å². The summed E-state index contributed by atoms with van der Waals surface area (Å²) in [4.78, 5) is 16.7. The lowest BCUT2D eigenvalue weighted by atomic mass is 9.89. The van der Waals surface area contributed by atoms with E-state index in [1.54, 1.807) is 0 Å². The molecule has 1 saturated heterocycles. The summed E-state index contributed by atoms with van der Waals surface area (Å²) in [6.07, 6.45) is 5.41. The van der Waals surface area contributed by atoms with Crippen molar-refractivity contribution in [1.29, 1.82) is 0 Å². The maximum atomic E-state index is 12.1. The monoisotopic (exact) mass is 255 g/mol. The fourth-order valence-electron chi connectivity index (χ4n) is 2.54. The van der Waals surface area contributed by atoms with E-state index < -0.39 is 5.54 Å². The Kier molecular flexibility index (Phi) is 3.17. The maximum absolute atomic E-state index is 12.1. The van der Waals surface area contributed by atoms with E-state index in [4.69, 9.17) is 0 Å². The summed E-state index contributed by atoms with van der Waals surface area (Å²) in [5.41, 5.74) is 0.576. The van der Waals surface area contributed by atoms with Crippen molar-refractivity contribution in [3.63, 3.8) is 0 Å². The molecule has 19 heavy (non-hydrogen) atoms. The second-order valence-corrected chi connectivity index (χ2v) is 4.98. The van der Waals surface area contributed by atoms with Gasteiger partial charge in [0, 0.05) is 0 Å². The van der Waals surface area contributed by atoms with Crippen LogP contribution in [0.2, 0.25) is 0 Å². The van der Waals surface area contributed by atoms with Crippen LogP contribution in [0.1, 0.15) is 18.4 Å². The minimum Gasteiger partial charge on any atom is -0.317 e. The van der Waals surface area contributed by atoms with Crippen molar-refractivity contribution in [1.82, 2.24) is 10.6 Å². The van der Waals surface area contributed by atoms with Gasteiger partial charge in [-0.3, -0.25) is 9.79 Å². The predicted molar refractivity (Wildman–Crippen MR) is 75.9 cm³/mol. The van der Waals surface area contributed by atoms with Crippen molar-refractivity contribution in [2.75, 3.05) is 13.1 Å². The SMILES string of the molecule is O=C1NC(C=Cc2ccccc2)=NC12CCNCC2. The number of amidine groups is 1. The number of hydrogen-bond donors (Lipinski definition) is 2. The highest BCUT2D eigenvalue weighted by atomic mass is 16.2. The van der Waals surface area contributed by atoms with Gasteiger partial charge in [-0.15, -0.1) is 0 Å². The maximum Gasteiger partial charge on any atom is 0.253 e. The number of piperidine rings is 1. The molecule has 1 aromatic rings. The van der Waals surface area contributed by atoms with Crippen LogP contribution in [0.3, 0.4) is 0 Å². The van der Waals surface area contributed by atoms with E-state index in [9.17, 15) is 4.79 Å². The molecule has 1 spiro atoms. The van der Waals surface area contributed by atoms with E-state index in [0.717, 1.165) is 31.5 Å². The molecule has 2 heterocycles. The van der Waals surface area contributed by atoms with Gasteiger partial charge < -0.3 is 10.6 Å². The Hall–Kier alpha value is -1.94. The Morgan fingerprint density at radius 2 is 1.84 bits per heavy atom. The number of rotatable bonds is 2. The molecule has 2 N–H and O–H groups in total. The van der Waals surface area contributed by atoms with Crippen molar-refractivity contribution < 1.29 is 4.79 Å². The summed E-state index contributed by atoms with van der Waals surface area (Å²) < 4.78 is 0. The Bertz CT molecular complexity index is 528. The predicted octanol–water partition coefficient (Wildman–Crippen LogP) is 1.35. The third-order valence-electron chi connectivity index (χ3n) is 3.66. The molecular formula is C15H17N3O. The van der Waals surface area contributed by atoms with Crippen LogP contribution in [0.25, 0.3) is 6.08 Å². The number of carbonyl (C=O) groups excluding carboxylic acids is 1. The topological polar surface area (TPSA) is 53.5 Å². The lowest BCUT2D eigenvalue weighted by Crippen LogP contribution is -2.47. The molecule has 0 saturated carbocycles. The van der Waals surface area contributed by atoms with Gasteiger partial charge in [-0.2, -0.15) is 0 Å². The minimum absolute atomic E-state index is 0.0433. The molecule has 4 heteroatoms. The highest BCUT2D eigenvalue weighted by Crippen LogP contribution is 2.27. The first-order valence-corrected chi connectivity index (χ1v) is 6.64. The average Bonchev–Trinajstić information content (AvgIpc) is 2.75.